The molecule has 0 unspecified atom stereocenters. The van der Waals surface area contributed by atoms with Gasteiger partial charge in [0, 0.05) is 11.5 Å². The molecule has 1 nitrogen and oxygen atoms in total. The second-order valence-corrected chi connectivity index (χ2v) is 6.74. The van der Waals surface area contributed by atoms with Crippen molar-refractivity contribution >= 4 is 21.7 Å². The third-order valence-electron chi connectivity index (χ3n) is 4.88. The zero-order chi connectivity index (χ0) is 10.9. The topological polar surface area (TPSA) is 17.1 Å². The van der Waals surface area contributed by atoms with Gasteiger partial charge in [0.2, 0.25) is 0 Å². The largest absolute Gasteiger partial charge is 0.294 e. The molecule has 1 aromatic carbocycles. The Morgan fingerprint density at radius 2 is 2.06 bits per heavy atom. The van der Waals surface area contributed by atoms with E-state index in [9.17, 15) is 4.79 Å². The fraction of sp³-hybridized carbons (Fsp3) is 0.500. The van der Waals surface area contributed by atoms with Gasteiger partial charge < -0.3 is 0 Å². The SMILES string of the molecule is O=C1c2ccccc2[C@@]2(Br)[C@@H]3CC[C@H](C3)[C@H]12. The van der Waals surface area contributed by atoms with Crippen LogP contribution in [-0.2, 0) is 4.32 Å². The predicted molar refractivity (Wildman–Crippen MR) is 65.7 cm³/mol. The van der Waals surface area contributed by atoms with Crippen LogP contribution in [0, 0.1) is 17.8 Å². The van der Waals surface area contributed by atoms with E-state index in [1.807, 2.05) is 12.1 Å². The molecule has 0 aliphatic heterocycles. The molecule has 2 saturated carbocycles. The maximum Gasteiger partial charge on any atom is 0.168 e. The van der Waals surface area contributed by atoms with E-state index in [4.69, 9.17) is 0 Å². The molecular weight excluding hydrogens is 264 g/mol. The summed E-state index contributed by atoms with van der Waals surface area (Å²) in [6.07, 6.45) is 3.78. The van der Waals surface area contributed by atoms with Gasteiger partial charge >= 0.3 is 0 Å². The summed E-state index contributed by atoms with van der Waals surface area (Å²) in [5, 5.41) is 0. The van der Waals surface area contributed by atoms with Crippen LogP contribution in [0.2, 0.25) is 0 Å². The molecule has 2 heteroatoms. The lowest BCUT2D eigenvalue weighted by Gasteiger charge is -2.33. The molecule has 4 rings (SSSR count). The summed E-state index contributed by atoms with van der Waals surface area (Å²) in [6.45, 7) is 0. The average Bonchev–Trinajstić information content (AvgIpc) is 2.92. The van der Waals surface area contributed by atoms with Crippen LogP contribution in [0.15, 0.2) is 24.3 Å². The molecule has 4 atom stereocenters. The van der Waals surface area contributed by atoms with Crippen LogP contribution < -0.4 is 0 Å². The second kappa shape index (κ2) is 2.79. The fourth-order valence-electron chi connectivity index (χ4n) is 4.29. The number of fused-ring (bicyclic) bond motifs is 7. The highest BCUT2D eigenvalue weighted by Gasteiger charge is 2.64. The third-order valence-corrected chi connectivity index (χ3v) is 6.45. The van der Waals surface area contributed by atoms with Gasteiger partial charge in [0.05, 0.1) is 4.32 Å². The molecule has 0 aromatic heterocycles. The maximum absolute atomic E-state index is 12.4. The van der Waals surface area contributed by atoms with E-state index < -0.39 is 0 Å². The van der Waals surface area contributed by atoms with Crippen LogP contribution in [0.4, 0.5) is 0 Å². The molecule has 3 aliphatic carbocycles. The lowest BCUT2D eigenvalue weighted by molar-refractivity contribution is 0.0873. The first-order valence-corrected chi connectivity index (χ1v) is 6.85. The van der Waals surface area contributed by atoms with Gasteiger partial charge in [-0.1, -0.05) is 40.2 Å². The highest BCUT2D eigenvalue weighted by Crippen LogP contribution is 2.67. The minimum Gasteiger partial charge on any atom is -0.294 e. The van der Waals surface area contributed by atoms with Crippen molar-refractivity contribution in [2.75, 3.05) is 0 Å². The normalized spacial score (nSPS) is 43.6. The van der Waals surface area contributed by atoms with E-state index in [-0.39, 0.29) is 10.2 Å². The number of halogens is 1. The van der Waals surface area contributed by atoms with E-state index in [1.165, 1.54) is 24.8 Å². The molecule has 82 valence electrons. The molecule has 16 heavy (non-hydrogen) atoms. The standard InChI is InChI=1S/C14H13BrO/c15-14-9-6-5-8(7-9)12(14)13(16)10-3-1-2-4-11(10)14/h1-4,8-9,12H,5-7H2/t8-,9-,12-,14+/m1/s1. The van der Waals surface area contributed by atoms with Crippen molar-refractivity contribution in [1.29, 1.82) is 0 Å². The summed E-state index contributed by atoms with van der Waals surface area (Å²) in [4.78, 5) is 12.4. The average molecular weight is 277 g/mol. The first-order chi connectivity index (χ1) is 7.73. The Labute approximate surface area is 103 Å². The Morgan fingerprint density at radius 1 is 1.25 bits per heavy atom. The molecule has 1 aromatic rings. The lowest BCUT2D eigenvalue weighted by Crippen LogP contribution is -2.33. The highest BCUT2D eigenvalue weighted by atomic mass is 79.9. The van der Waals surface area contributed by atoms with E-state index in [0.717, 1.165) is 5.56 Å². The second-order valence-electron chi connectivity index (χ2n) is 5.43. The number of benzene rings is 1. The van der Waals surface area contributed by atoms with Crippen LogP contribution >= 0.6 is 15.9 Å². The number of Topliss-reactive ketones (excluding diaryl/α,β-unsaturated/α-hetero) is 1. The Balaban J connectivity index is 2.00. The molecule has 3 aliphatic rings. The summed E-state index contributed by atoms with van der Waals surface area (Å²) >= 11 is 3.95. The Morgan fingerprint density at radius 3 is 2.94 bits per heavy atom. The number of carbonyl (C=O) groups is 1. The number of hydrogen-bond donors (Lipinski definition) is 0. The minimum atomic E-state index is -0.0103. The molecule has 0 spiro atoms. The molecule has 0 heterocycles. The van der Waals surface area contributed by atoms with Gasteiger partial charge in [-0.15, -0.1) is 0 Å². The first kappa shape index (κ1) is 9.41. The van der Waals surface area contributed by atoms with Crippen molar-refractivity contribution < 1.29 is 4.79 Å². The molecule has 0 radical (unpaired) electrons. The maximum atomic E-state index is 12.4. The van der Waals surface area contributed by atoms with Gasteiger partial charge in [0.25, 0.3) is 0 Å². The molecule has 0 amide bonds. The quantitative estimate of drug-likeness (QED) is 0.663. The smallest absolute Gasteiger partial charge is 0.168 e. The van der Waals surface area contributed by atoms with E-state index in [1.54, 1.807) is 0 Å². The van der Waals surface area contributed by atoms with Gasteiger partial charge in [-0.2, -0.15) is 0 Å². The van der Waals surface area contributed by atoms with Gasteiger partial charge in [-0.25, -0.2) is 0 Å². The third kappa shape index (κ3) is 0.839. The number of rotatable bonds is 0. The number of carbonyl (C=O) groups excluding carboxylic acids is 1. The van der Waals surface area contributed by atoms with E-state index >= 15 is 0 Å². The van der Waals surface area contributed by atoms with Gasteiger partial charge in [-0.05, 0) is 36.7 Å². The molecule has 2 bridgehead atoms. The van der Waals surface area contributed by atoms with Crippen molar-refractivity contribution in [1.82, 2.24) is 0 Å². The zero-order valence-corrected chi connectivity index (χ0v) is 10.5. The first-order valence-electron chi connectivity index (χ1n) is 6.05. The lowest BCUT2D eigenvalue weighted by atomic mass is 9.79. The Bertz CT molecular complexity index is 495. The van der Waals surface area contributed by atoms with E-state index in [2.05, 4.69) is 28.1 Å². The molecular formula is C14H13BrO. The van der Waals surface area contributed by atoms with Crippen molar-refractivity contribution in [2.45, 2.75) is 23.6 Å². The van der Waals surface area contributed by atoms with Crippen LogP contribution in [0.1, 0.15) is 35.2 Å². The van der Waals surface area contributed by atoms with Crippen molar-refractivity contribution in [3.8, 4) is 0 Å². The van der Waals surface area contributed by atoms with Crippen molar-refractivity contribution in [3.05, 3.63) is 35.4 Å². The highest BCUT2D eigenvalue weighted by molar-refractivity contribution is 9.09. The molecule has 0 N–H and O–H groups in total. The summed E-state index contributed by atoms with van der Waals surface area (Å²) in [7, 11) is 0. The van der Waals surface area contributed by atoms with Gasteiger partial charge in [0.15, 0.2) is 5.78 Å². The monoisotopic (exact) mass is 276 g/mol. The number of ketones is 1. The zero-order valence-electron chi connectivity index (χ0n) is 8.95. The summed E-state index contributed by atoms with van der Waals surface area (Å²) in [5.41, 5.74) is 2.23. The van der Waals surface area contributed by atoms with Gasteiger partial charge in [-0.3, -0.25) is 4.79 Å². The van der Waals surface area contributed by atoms with Crippen LogP contribution in [0.3, 0.4) is 0 Å². The van der Waals surface area contributed by atoms with E-state index in [0.29, 0.717) is 17.6 Å². The predicted octanol–water partition coefficient (Wildman–Crippen LogP) is 3.52. The summed E-state index contributed by atoms with van der Waals surface area (Å²) in [5.74, 6) is 1.92. The van der Waals surface area contributed by atoms with Crippen LogP contribution in [-0.4, -0.2) is 5.78 Å². The number of alkyl halides is 1. The summed E-state index contributed by atoms with van der Waals surface area (Å²) in [6, 6.07) is 8.18. The Hall–Kier alpha value is -0.630. The van der Waals surface area contributed by atoms with Crippen LogP contribution in [0.25, 0.3) is 0 Å². The van der Waals surface area contributed by atoms with Crippen molar-refractivity contribution in [2.24, 2.45) is 17.8 Å². The fourth-order valence-corrected chi connectivity index (χ4v) is 5.63. The summed E-state index contributed by atoms with van der Waals surface area (Å²) < 4.78 is -0.0103. The minimum absolute atomic E-state index is 0.0103. The van der Waals surface area contributed by atoms with Crippen LogP contribution in [0.5, 0.6) is 0 Å². The Kier molecular flexibility index (Phi) is 1.64. The molecule has 2 fully saturated rings. The molecule has 0 saturated heterocycles. The van der Waals surface area contributed by atoms with Crippen molar-refractivity contribution in [3.63, 3.8) is 0 Å². The van der Waals surface area contributed by atoms with Gasteiger partial charge in [0.1, 0.15) is 0 Å². The number of hydrogen-bond acceptors (Lipinski definition) is 1.